The molecular weight excluding hydrogens is 369 g/mol. The molecule has 0 saturated carbocycles. The molecule has 6 heteroatoms. The molecule has 0 aromatic heterocycles. The van der Waals surface area contributed by atoms with E-state index in [4.69, 9.17) is 4.74 Å². The highest BCUT2D eigenvalue weighted by Crippen LogP contribution is 2.28. The molecule has 0 amide bonds. The first-order valence-electron chi connectivity index (χ1n) is 10.4. The van der Waals surface area contributed by atoms with Crippen LogP contribution in [0.25, 0.3) is 0 Å². The second kappa shape index (κ2) is 13.5. The molecule has 0 fully saturated rings. The van der Waals surface area contributed by atoms with E-state index >= 15 is 0 Å². The van der Waals surface area contributed by atoms with Gasteiger partial charge in [0.1, 0.15) is 11.7 Å². The second-order valence-electron chi connectivity index (χ2n) is 7.15. The van der Waals surface area contributed by atoms with E-state index in [1.54, 1.807) is 0 Å². The van der Waals surface area contributed by atoms with Gasteiger partial charge in [-0.15, -0.1) is 0 Å². The fraction of sp³-hybridized carbons (Fsp3) is 0.682. The minimum absolute atomic E-state index is 0.358. The predicted molar refractivity (Wildman–Crippen MR) is 104 cm³/mol. The number of ether oxygens (including phenoxy) is 2. The van der Waals surface area contributed by atoms with Gasteiger partial charge in [-0.1, -0.05) is 58.8 Å². The Morgan fingerprint density at radius 1 is 0.893 bits per heavy atom. The smallest absolute Gasteiger partial charge is 0.341 e. The van der Waals surface area contributed by atoms with Crippen molar-refractivity contribution in [2.75, 3.05) is 7.11 Å². The monoisotopic (exact) mass is 402 g/mol. The van der Waals surface area contributed by atoms with Crippen LogP contribution in [0.5, 0.6) is 5.75 Å². The quantitative estimate of drug-likeness (QED) is 0.191. The molecule has 1 aromatic rings. The average Bonchev–Trinajstić information content (AvgIpc) is 2.67. The van der Waals surface area contributed by atoms with Crippen LogP contribution in [0.1, 0.15) is 94.8 Å². The van der Waals surface area contributed by atoms with Crippen molar-refractivity contribution in [2.45, 2.75) is 90.6 Å². The number of carbonyl (C=O) groups excluding carboxylic acids is 1. The predicted octanol–water partition coefficient (Wildman–Crippen LogP) is 6.97. The number of esters is 1. The Kier molecular flexibility index (Phi) is 11.7. The minimum Gasteiger partial charge on any atom is -0.491 e. The van der Waals surface area contributed by atoms with Gasteiger partial charge in [0.05, 0.1) is 7.11 Å². The van der Waals surface area contributed by atoms with Crippen LogP contribution in [0.15, 0.2) is 6.07 Å². The Morgan fingerprint density at radius 3 is 2.04 bits per heavy atom. The number of unbranched alkanes of at least 4 members (excludes halogenated alkanes) is 7. The van der Waals surface area contributed by atoms with Crippen LogP contribution in [-0.2, 0) is 4.74 Å². The molecule has 1 atom stereocenters. The van der Waals surface area contributed by atoms with Crippen molar-refractivity contribution >= 4 is 5.97 Å². The molecule has 0 aliphatic rings. The molecule has 0 heterocycles. The number of carbonyl (C=O) groups is 1. The number of rotatable bonds is 14. The zero-order chi connectivity index (χ0) is 20.9. The van der Waals surface area contributed by atoms with Crippen LogP contribution in [0.4, 0.5) is 13.2 Å². The lowest BCUT2D eigenvalue weighted by molar-refractivity contribution is 0.0242. The molecule has 0 N–H and O–H groups in total. The third-order valence-corrected chi connectivity index (χ3v) is 4.82. The number of hydrogen-bond donors (Lipinski definition) is 0. The van der Waals surface area contributed by atoms with Crippen molar-refractivity contribution in [3.63, 3.8) is 0 Å². The highest BCUT2D eigenvalue weighted by Gasteiger charge is 2.26. The maximum absolute atomic E-state index is 14.3. The van der Waals surface area contributed by atoms with Gasteiger partial charge < -0.3 is 9.47 Å². The number of halogens is 3. The van der Waals surface area contributed by atoms with Gasteiger partial charge in [-0.3, -0.25) is 0 Å². The second-order valence-corrected chi connectivity index (χ2v) is 7.15. The maximum Gasteiger partial charge on any atom is 0.341 e. The minimum atomic E-state index is -1.46. The fourth-order valence-electron chi connectivity index (χ4n) is 3.16. The summed E-state index contributed by atoms with van der Waals surface area (Å²) in [5.41, 5.74) is -0.640. The first-order valence-corrected chi connectivity index (χ1v) is 10.4. The summed E-state index contributed by atoms with van der Waals surface area (Å²) in [7, 11) is 1.02. The Morgan fingerprint density at radius 2 is 1.43 bits per heavy atom. The highest BCUT2D eigenvalue weighted by atomic mass is 19.2. The van der Waals surface area contributed by atoms with Gasteiger partial charge in [0.2, 0.25) is 5.82 Å². The van der Waals surface area contributed by atoms with Crippen molar-refractivity contribution < 1.29 is 27.4 Å². The summed E-state index contributed by atoms with van der Waals surface area (Å²) in [4.78, 5) is 12.4. The number of hydrogen-bond acceptors (Lipinski definition) is 3. The third-order valence-electron chi connectivity index (χ3n) is 4.82. The van der Waals surface area contributed by atoms with Gasteiger partial charge in [0.15, 0.2) is 17.4 Å². The van der Waals surface area contributed by atoms with Gasteiger partial charge in [-0.2, -0.15) is 4.39 Å². The van der Waals surface area contributed by atoms with E-state index in [0.29, 0.717) is 18.9 Å². The summed E-state index contributed by atoms with van der Waals surface area (Å²) in [6.45, 7) is 4.24. The number of methoxy groups -OCH3 is 1. The molecule has 1 aromatic carbocycles. The van der Waals surface area contributed by atoms with Gasteiger partial charge in [-0.25, -0.2) is 13.6 Å². The van der Waals surface area contributed by atoms with Crippen LogP contribution in [-0.4, -0.2) is 19.2 Å². The van der Waals surface area contributed by atoms with Crippen LogP contribution in [0.2, 0.25) is 0 Å². The lowest BCUT2D eigenvalue weighted by atomic mass is 10.0. The standard InChI is InChI=1S/C22H33F3O3/c1-4-6-8-9-10-12-14-16(13-11-7-5-2)28-22(26)17-15-18(23)20(25)21(27-3)19(17)24/h15-16H,4-14H2,1-3H3. The molecule has 0 aliphatic heterocycles. The average molecular weight is 402 g/mol. The van der Waals surface area contributed by atoms with Crippen molar-refractivity contribution in [2.24, 2.45) is 0 Å². The summed E-state index contributed by atoms with van der Waals surface area (Å²) < 4.78 is 51.6. The molecule has 0 bridgehead atoms. The van der Waals surface area contributed by atoms with E-state index in [9.17, 15) is 18.0 Å². The molecule has 0 aliphatic carbocycles. The fourth-order valence-corrected chi connectivity index (χ4v) is 3.16. The van der Waals surface area contributed by atoms with E-state index < -0.39 is 34.7 Å². The molecule has 0 spiro atoms. The summed E-state index contributed by atoms with van der Waals surface area (Å²) >= 11 is 0. The molecule has 3 nitrogen and oxygen atoms in total. The molecule has 1 unspecified atom stereocenters. The van der Waals surface area contributed by atoms with Crippen LogP contribution >= 0.6 is 0 Å². The zero-order valence-electron chi connectivity index (χ0n) is 17.3. The molecule has 1 rings (SSSR count). The lowest BCUT2D eigenvalue weighted by Gasteiger charge is -2.19. The van der Waals surface area contributed by atoms with Gasteiger partial charge in [0, 0.05) is 0 Å². The Hall–Kier alpha value is -1.72. The summed E-state index contributed by atoms with van der Waals surface area (Å²) in [5.74, 6) is -5.93. The third kappa shape index (κ3) is 7.72. The Labute approximate surface area is 166 Å². The molecular formula is C22H33F3O3. The summed E-state index contributed by atoms with van der Waals surface area (Å²) in [5, 5.41) is 0. The van der Waals surface area contributed by atoms with Crippen LogP contribution in [0.3, 0.4) is 0 Å². The SMILES string of the molecule is CCCCCCCCC(CCCCC)OC(=O)c1cc(F)c(F)c(OC)c1F. The van der Waals surface area contributed by atoms with E-state index in [-0.39, 0.29) is 6.10 Å². The van der Waals surface area contributed by atoms with Crippen LogP contribution < -0.4 is 4.74 Å². The molecule has 28 heavy (non-hydrogen) atoms. The molecule has 160 valence electrons. The van der Waals surface area contributed by atoms with E-state index in [1.807, 2.05) is 0 Å². The van der Waals surface area contributed by atoms with Crippen LogP contribution in [0, 0.1) is 17.5 Å². The maximum atomic E-state index is 14.3. The van der Waals surface area contributed by atoms with Crippen molar-refractivity contribution in [1.82, 2.24) is 0 Å². The first kappa shape index (κ1) is 24.3. The first-order chi connectivity index (χ1) is 13.5. The summed E-state index contributed by atoms with van der Waals surface area (Å²) in [6.07, 6.45) is 10.6. The molecule has 0 radical (unpaired) electrons. The van der Waals surface area contributed by atoms with Gasteiger partial charge in [-0.05, 0) is 31.7 Å². The van der Waals surface area contributed by atoms with Crippen molar-refractivity contribution in [3.05, 3.63) is 29.1 Å². The largest absolute Gasteiger partial charge is 0.491 e. The Balaban J connectivity index is 2.75. The highest BCUT2D eigenvalue weighted by molar-refractivity contribution is 5.90. The normalized spacial score (nSPS) is 12.1. The Bertz CT molecular complexity index is 605. The van der Waals surface area contributed by atoms with Crippen molar-refractivity contribution in [3.8, 4) is 5.75 Å². The van der Waals surface area contributed by atoms with Crippen molar-refractivity contribution in [1.29, 1.82) is 0 Å². The van der Waals surface area contributed by atoms with Gasteiger partial charge in [0.25, 0.3) is 0 Å². The summed E-state index contributed by atoms with van der Waals surface area (Å²) in [6, 6.07) is 0.531. The van der Waals surface area contributed by atoms with E-state index in [1.165, 1.54) is 19.3 Å². The van der Waals surface area contributed by atoms with E-state index in [2.05, 4.69) is 18.6 Å². The lowest BCUT2D eigenvalue weighted by Crippen LogP contribution is -2.20. The zero-order valence-corrected chi connectivity index (χ0v) is 17.3. The number of benzene rings is 1. The van der Waals surface area contributed by atoms with E-state index in [0.717, 1.165) is 45.6 Å². The topological polar surface area (TPSA) is 35.5 Å². The van der Waals surface area contributed by atoms with Gasteiger partial charge >= 0.3 is 5.97 Å². The molecule has 0 saturated heterocycles.